The molecular formula is C12H16N2O2S. The van der Waals surface area contributed by atoms with Crippen LogP contribution in [0.4, 0.5) is 5.69 Å². The number of phenolic OH excluding ortho intramolecular Hbond substituents is 1. The number of benzene rings is 1. The van der Waals surface area contributed by atoms with Gasteiger partial charge in [0.25, 0.3) is 5.91 Å². The summed E-state index contributed by atoms with van der Waals surface area (Å²) in [5.74, 6) is 2.00. The van der Waals surface area contributed by atoms with E-state index in [1.165, 1.54) is 6.07 Å². The van der Waals surface area contributed by atoms with Crippen LogP contribution in [-0.2, 0) is 0 Å². The Morgan fingerprint density at radius 2 is 2.35 bits per heavy atom. The molecule has 0 aromatic heterocycles. The molecular weight excluding hydrogens is 236 g/mol. The van der Waals surface area contributed by atoms with Crippen LogP contribution in [0.15, 0.2) is 18.2 Å². The predicted molar refractivity (Wildman–Crippen MR) is 70.3 cm³/mol. The third kappa shape index (κ3) is 2.49. The van der Waals surface area contributed by atoms with Gasteiger partial charge in [-0.05, 0) is 30.4 Å². The maximum atomic E-state index is 12.2. The normalized spacial score (nSPS) is 19.2. The SMILES string of the molecule is CN(C(=O)c1ccc(N)c(O)c1)C1CCSC1. The smallest absolute Gasteiger partial charge is 0.254 e. The maximum Gasteiger partial charge on any atom is 0.254 e. The molecule has 1 aliphatic rings. The second-order valence-electron chi connectivity index (χ2n) is 4.21. The molecule has 1 atom stereocenters. The number of aromatic hydroxyl groups is 1. The standard InChI is InChI=1S/C12H16N2O2S/c1-14(9-4-5-17-7-9)12(16)8-2-3-10(13)11(15)6-8/h2-3,6,9,15H,4-5,7,13H2,1H3. The molecule has 4 nitrogen and oxygen atoms in total. The van der Waals surface area contributed by atoms with Gasteiger partial charge in [-0.1, -0.05) is 0 Å². The number of rotatable bonds is 2. The minimum absolute atomic E-state index is 0.0370. The highest BCUT2D eigenvalue weighted by atomic mass is 32.2. The molecule has 92 valence electrons. The second-order valence-corrected chi connectivity index (χ2v) is 5.36. The van der Waals surface area contributed by atoms with Gasteiger partial charge in [-0.2, -0.15) is 11.8 Å². The fraction of sp³-hybridized carbons (Fsp3) is 0.417. The lowest BCUT2D eigenvalue weighted by Crippen LogP contribution is -2.36. The molecule has 1 aromatic carbocycles. The zero-order valence-corrected chi connectivity index (χ0v) is 10.5. The first-order valence-corrected chi connectivity index (χ1v) is 6.68. The third-order valence-electron chi connectivity index (χ3n) is 3.05. The summed E-state index contributed by atoms with van der Waals surface area (Å²) in [5, 5.41) is 9.50. The van der Waals surface area contributed by atoms with E-state index in [0.29, 0.717) is 17.3 Å². The molecule has 0 saturated carbocycles. The van der Waals surface area contributed by atoms with Crippen molar-refractivity contribution in [1.29, 1.82) is 0 Å². The van der Waals surface area contributed by atoms with Gasteiger partial charge in [0.15, 0.2) is 0 Å². The Morgan fingerprint density at radius 1 is 1.59 bits per heavy atom. The minimum atomic E-state index is -0.0622. The largest absolute Gasteiger partial charge is 0.506 e. The minimum Gasteiger partial charge on any atom is -0.506 e. The van der Waals surface area contributed by atoms with Crippen molar-refractivity contribution in [2.24, 2.45) is 0 Å². The Labute approximate surface area is 105 Å². The van der Waals surface area contributed by atoms with Gasteiger partial charge in [-0.25, -0.2) is 0 Å². The molecule has 1 amide bonds. The number of thioether (sulfide) groups is 1. The zero-order valence-electron chi connectivity index (χ0n) is 9.72. The van der Waals surface area contributed by atoms with Crippen LogP contribution in [0, 0.1) is 0 Å². The molecule has 17 heavy (non-hydrogen) atoms. The van der Waals surface area contributed by atoms with Gasteiger partial charge in [0.2, 0.25) is 0 Å². The number of phenols is 1. The van der Waals surface area contributed by atoms with E-state index in [1.54, 1.807) is 17.0 Å². The third-order valence-corrected chi connectivity index (χ3v) is 4.20. The Morgan fingerprint density at radius 3 is 2.94 bits per heavy atom. The number of amides is 1. The number of carbonyl (C=O) groups is 1. The summed E-state index contributed by atoms with van der Waals surface area (Å²) in [4.78, 5) is 13.9. The summed E-state index contributed by atoms with van der Waals surface area (Å²) in [7, 11) is 1.81. The lowest BCUT2D eigenvalue weighted by atomic mass is 10.1. The van der Waals surface area contributed by atoms with Crippen LogP contribution in [-0.4, -0.2) is 40.5 Å². The number of hydrogen-bond acceptors (Lipinski definition) is 4. The topological polar surface area (TPSA) is 66.6 Å². The van der Waals surface area contributed by atoms with Gasteiger partial charge in [-0.15, -0.1) is 0 Å². The molecule has 1 aromatic rings. The van der Waals surface area contributed by atoms with Crippen molar-refractivity contribution in [2.75, 3.05) is 24.3 Å². The summed E-state index contributed by atoms with van der Waals surface area (Å²) in [5.41, 5.74) is 6.28. The number of nitrogen functional groups attached to an aromatic ring is 1. The highest BCUT2D eigenvalue weighted by Crippen LogP contribution is 2.25. The molecule has 1 unspecified atom stereocenters. The summed E-state index contributed by atoms with van der Waals surface area (Å²) >= 11 is 1.87. The van der Waals surface area contributed by atoms with Crippen LogP contribution in [0.3, 0.4) is 0 Å². The van der Waals surface area contributed by atoms with E-state index >= 15 is 0 Å². The summed E-state index contributed by atoms with van der Waals surface area (Å²) in [6, 6.07) is 4.93. The maximum absolute atomic E-state index is 12.2. The first kappa shape index (κ1) is 12.1. The van der Waals surface area contributed by atoms with Crippen molar-refractivity contribution in [3.8, 4) is 5.75 Å². The molecule has 1 aliphatic heterocycles. The van der Waals surface area contributed by atoms with Crippen molar-refractivity contribution < 1.29 is 9.90 Å². The van der Waals surface area contributed by atoms with Crippen LogP contribution in [0.2, 0.25) is 0 Å². The molecule has 0 aliphatic carbocycles. The van der Waals surface area contributed by atoms with Crippen molar-refractivity contribution in [3.63, 3.8) is 0 Å². The Hall–Kier alpha value is -1.36. The average Bonchev–Trinajstić information content (AvgIpc) is 2.84. The van der Waals surface area contributed by atoms with Gasteiger partial charge in [0.1, 0.15) is 5.75 Å². The number of nitrogens with two attached hydrogens (primary N) is 1. The first-order chi connectivity index (χ1) is 8.09. The molecule has 1 heterocycles. The van der Waals surface area contributed by atoms with Gasteiger partial charge in [0, 0.05) is 24.4 Å². The summed E-state index contributed by atoms with van der Waals surface area (Å²) in [6.45, 7) is 0. The molecule has 0 spiro atoms. The second kappa shape index (κ2) is 4.87. The van der Waals surface area contributed by atoms with E-state index < -0.39 is 0 Å². The number of nitrogens with zero attached hydrogens (tertiary/aromatic N) is 1. The highest BCUT2D eigenvalue weighted by Gasteiger charge is 2.24. The van der Waals surface area contributed by atoms with Crippen LogP contribution >= 0.6 is 11.8 Å². The van der Waals surface area contributed by atoms with Crippen molar-refractivity contribution >= 4 is 23.4 Å². The molecule has 5 heteroatoms. The quantitative estimate of drug-likeness (QED) is 0.619. The molecule has 1 fully saturated rings. The highest BCUT2D eigenvalue weighted by molar-refractivity contribution is 7.99. The first-order valence-electron chi connectivity index (χ1n) is 5.53. The van der Waals surface area contributed by atoms with Crippen LogP contribution in [0.1, 0.15) is 16.8 Å². The van der Waals surface area contributed by atoms with E-state index in [4.69, 9.17) is 5.73 Å². The molecule has 0 radical (unpaired) electrons. The van der Waals surface area contributed by atoms with Gasteiger partial charge in [0.05, 0.1) is 5.69 Å². The molecule has 0 bridgehead atoms. The van der Waals surface area contributed by atoms with Crippen molar-refractivity contribution in [2.45, 2.75) is 12.5 Å². The Kier molecular flexibility index (Phi) is 3.47. The van der Waals surface area contributed by atoms with Crippen LogP contribution in [0.25, 0.3) is 0 Å². The zero-order chi connectivity index (χ0) is 12.4. The van der Waals surface area contributed by atoms with Crippen LogP contribution in [0.5, 0.6) is 5.75 Å². The van der Waals surface area contributed by atoms with Crippen molar-refractivity contribution in [3.05, 3.63) is 23.8 Å². The van der Waals surface area contributed by atoms with Gasteiger partial charge < -0.3 is 15.7 Å². The lowest BCUT2D eigenvalue weighted by molar-refractivity contribution is 0.0747. The number of hydrogen-bond donors (Lipinski definition) is 2. The van der Waals surface area contributed by atoms with Gasteiger partial charge >= 0.3 is 0 Å². The molecule has 2 rings (SSSR count). The van der Waals surface area contributed by atoms with E-state index in [9.17, 15) is 9.90 Å². The monoisotopic (exact) mass is 252 g/mol. The fourth-order valence-corrected chi connectivity index (χ4v) is 3.14. The van der Waals surface area contributed by atoms with E-state index in [0.717, 1.165) is 17.9 Å². The van der Waals surface area contributed by atoms with E-state index in [-0.39, 0.29) is 11.7 Å². The predicted octanol–water partition coefficient (Wildman–Crippen LogP) is 1.55. The van der Waals surface area contributed by atoms with Crippen molar-refractivity contribution in [1.82, 2.24) is 4.90 Å². The number of anilines is 1. The van der Waals surface area contributed by atoms with Crippen LogP contribution < -0.4 is 5.73 Å². The van der Waals surface area contributed by atoms with Gasteiger partial charge in [-0.3, -0.25) is 4.79 Å². The Balaban J connectivity index is 2.15. The lowest BCUT2D eigenvalue weighted by Gasteiger charge is -2.23. The fourth-order valence-electron chi connectivity index (χ4n) is 1.87. The summed E-state index contributed by atoms with van der Waals surface area (Å²) < 4.78 is 0. The Bertz CT molecular complexity index is 431. The number of carbonyl (C=O) groups excluding carboxylic acids is 1. The molecule has 1 saturated heterocycles. The van der Waals surface area contributed by atoms with E-state index in [1.807, 2.05) is 18.8 Å². The molecule has 3 N–H and O–H groups in total. The average molecular weight is 252 g/mol. The van der Waals surface area contributed by atoms with E-state index in [2.05, 4.69) is 0 Å². The summed E-state index contributed by atoms with van der Waals surface area (Å²) in [6.07, 6.45) is 1.04.